The van der Waals surface area contributed by atoms with Crippen molar-refractivity contribution >= 4 is 17.7 Å². The summed E-state index contributed by atoms with van der Waals surface area (Å²) in [7, 11) is 0. The Balaban J connectivity index is 2.24. The van der Waals surface area contributed by atoms with Crippen LogP contribution in [0.5, 0.6) is 0 Å². The molecule has 0 fully saturated rings. The van der Waals surface area contributed by atoms with Crippen LogP contribution in [0.4, 0.5) is 0 Å². The number of ether oxygens (including phenoxy) is 1. The van der Waals surface area contributed by atoms with Gasteiger partial charge in [0.2, 0.25) is 0 Å². The van der Waals surface area contributed by atoms with Gasteiger partial charge >= 0.3 is 5.97 Å². The highest BCUT2D eigenvalue weighted by Crippen LogP contribution is 2.16. The van der Waals surface area contributed by atoms with Gasteiger partial charge in [-0.1, -0.05) is 18.2 Å². The molecule has 0 aliphatic rings. The zero-order valence-corrected chi connectivity index (χ0v) is 8.50. The molecule has 0 atom stereocenters. The summed E-state index contributed by atoms with van der Waals surface area (Å²) in [5.41, 5.74) is 0. The second-order valence-corrected chi connectivity index (χ2v) is 3.59. The van der Waals surface area contributed by atoms with Crippen molar-refractivity contribution in [1.82, 2.24) is 0 Å². The molecule has 0 bridgehead atoms. The number of hydrogen-bond donors (Lipinski definition) is 1. The van der Waals surface area contributed by atoms with Gasteiger partial charge in [0.1, 0.15) is 6.61 Å². The van der Waals surface area contributed by atoms with Crippen molar-refractivity contribution in [3.8, 4) is 0 Å². The van der Waals surface area contributed by atoms with Crippen molar-refractivity contribution in [3.63, 3.8) is 0 Å². The molecule has 0 aliphatic carbocycles. The maximum absolute atomic E-state index is 11.0. The van der Waals surface area contributed by atoms with Gasteiger partial charge in [-0.3, -0.25) is 4.79 Å². The second-order valence-electron chi connectivity index (χ2n) is 2.55. The maximum Gasteiger partial charge on any atom is 0.316 e. The number of carbonyl (C=O) groups excluding carboxylic acids is 1. The number of aliphatic hydroxyl groups is 1. The van der Waals surface area contributed by atoms with Gasteiger partial charge in [0.05, 0.1) is 12.4 Å². The first-order chi connectivity index (χ1) is 6.83. The molecule has 76 valence electrons. The third-order valence-electron chi connectivity index (χ3n) is 1.45. The van der Waals surface area contributed by atoms with Crippen LogP contribution >= 0.6 is 11.8 Å². The van der Waals surface area contributed by atoms with Gasteiger partial charge in [-0.15, -0.1) is 11.8 Å². The Morgan fingerprint density at radius 2 is 2.07 bits per heavy atom. The van der Waals surface area contributed by atoms with Crippen molar-refractivity contribution in [1.29, 1.82) is 0 Å². The molecule has 0 aliphatic heterocycles. The van der Waals surface area contributed by atoms with E-state index in [0.717, 1.165) is 4.90 Å². The first-order valence-electron chi connectivity index (χ1n) is 4.27. The van der Waals surface area contributed by atoms with E-state index < -0.39 is 0 Å². The third kappa shape index (κ3) is 4.30. The zero-order chi connectivity index (χ0) is 10.2. The smallest absolute Gasteiger partial charge is 0.316 e. The van der Waals surface area contributed by atoms with Gasteiger partial charge in [-0.25, -0.2) is 0 Å². The Kier molecular flexibility index (Phi) is 5.11. The van der Waals surface area contributed by atoms with Crippen LogP contribution in [-0.2, 0) is 9.53 Å². The van der Waals surface area contributed by atoms with Gasteiger partial charge in [0.25, 0.3) is 0 Å². The molecule has 1 rings (SSSR count). The normalized spacial score (nSPS) is 9.79. The summed E-state index contributed by atoms with van der Waals surface area (Å²) in [6.07, 6.45) is 0. The number of rotatable bonds is 5. The molecule has 4 heteroatoms. The van der Waals surface area contributed by atoms with Gasteiger partial charge in [-0.05, 0) is 12.1 Å². The van der Waals surface area contributed by atoms with Crippen LogP contribution in [0.2, 0.25) is 0 Å². The number of benzene rings is 1. The fourth-order valence-electron chi connectivity index (χ4n) is 0.860. The van der Waals surface area contributed by atoms with E-state index in [1.165, 1.54) is 11.8 Å². The second kappa shape index (κ2) is 6.45. The number of aliphatic hydroxyl groups excluding tert-OH is 1. The van der Waals surface area contributed by atoms with Crippen LogP contribution in [0.3, 0.4) is 0 Å². The summed E-state index contributed by atoms with van der Waals surface area (Å²) >= 11 is 1.42. The third-order valence-corrected chi connectivity index (χ3v) is 2.44. The topological polar surface area (TPSA) is 46.5 Å². The monoisotopic (exact) mass is 212 g/mol. The van der Waals surface area contributed by atoms with Crippen LogP contribution in [0.1, 0.15) is 0 Å². The summed E-state index contributed by atoms with van der Waals surface area (Å²) < 4.78 is 4.70. The molecule has 1 aromatic carbocycles. The average molecular weight is 212 g/mol. The molecule has 14 heavy (non-hydrogen) atoms. The Labute approximate surface area is 87.1 Å². The molecule has 0 heterocycles. The summed E-state index contributed by atoms with van der Waals surface area (Å²) in [5, 5.41) is 8.42. The number of hydrogen-bond acceptors (Lipinski definition) is 4. The fourth-order valence-corrected chi connectivity index (χ4v) is 1.58. The predicted molar refractivity (Wildman–Crippen MR) is 55.2 cm³/mol. The van der Waals surface area contributed by atoms with Crippen LogP contribution in [0.25, 0.3) is 0 Å². The summed E-state index contributed by atoms with van der Waals surface area (Å²) in [5.74, 6) is -0.0165. The van der Waals surface area contributed by atoms with E-state index in [-0.39, 0.29) is 24.9 Å². The highest BCUT2D eigenvalue weighted by Gasteiger charge is 2.02. The molecule has 0 saturated carbocycles. The molecule has 0 saturated heterocycles. The van der Waals surface area contributed by atoms with Gasteiger partial charge < -0.3 is 9.84 Å². The fraction of sp³-hybridized carbons (Fsp3) is 0.300. The maximum atomic E-state index is 11.0. The summed E-state index contributed by atoms with van der Waals surface area (Å²) in [6.45, 7) is -0.0457. The van der Waals surface area contributed by atoms with E-state index in [1.54, 1.807) is 0 Å². The lowest BCUT2D eigenvalue weighted by Crippen LogP contribution is -2.10. The molecule has 1 N–H and O–H groups in total. The summed E-state index contributed by atoms with van der Waals surface area (Å²) in [4.78, 5) is 12.1. The minimum Gasteiger partial charge on any atom is -0.463 e. The van der Waals surface area contributed by atoms with Crippen molar-refractivity contribution in [2.45, 2.75) is 4.90 Å². The van der Waals surface area contributed by atoms with E-state index >= 15 is 0 Å². The predicted octanol–water partition coefficient (Wildman–Crippen LogP) is 1.31. The molecular formula is C10H12O3S. The van der Waals surface area contributed by atoms with Crippen LogP contribution in [-0.4, -0.2) is 30.0 Å². The van der Waals surface area contributed by atoms with Crippen molar-refractivity contribution in [2.24, 2.45) is 0 Å². The minimum absolute atomic E-state index is 0.0776. The van der Waals surface area contributed by atoms with E-state index in [0.29, 0.717) is 0 Å². The van der Waals surface area contributed by atoms with E-state index in [9.17, 15) is 4.79 Å². The number of thioether (sulfide) groups is 1. The Bertz CT molecular complexity index is 274. The van der Waals surface area contributed by atoms with Crippen LogP contribution < -0.4 is 0 Å². The molecule has 3 nitrogen and oxygen atoms in total. The minimum atomic E-state index is -0.298. The van der Waals surface area contributed by atoms with Gasteiger partial charge in [-0.2, -0.15) is 0 Å². The Hall–Kier alpha value is -1.00. The van der Waals surface area contributed by atoms with Crippen molar-refractivity contribution in [2.75, 3.05) is 19.0 Å². The molecule has 0 radical (unpaired) electrons. The first-order valence-corrected chi connectivity index (χ1v) is 5.26. The van der Waals surface area contributed by atoms with E-state index in [2.05, 4.69) is 0 Å². The van der Waals surface area contributed by atoms with Crippen molar-refractivity contribution < 1.29 is 14.6 Å². The van der Waals surface area contributed by atoms with Crippen LogP contribution in [0, 0.1) is 0 Å². The molecule has 0 aromatic heterocycles. The van der Waals surface area contributed by atoms with Crippen LogP contribution in [0.15, 0.2) is 35.2 Å². The molecule has 0 unspecified atom stereocenters. The number of esters is 1. The molecule has 1 aromatic rings. The molecule has 0 amide bonds. The SMILES string of the molecule is O=C(CSc1ccccc1)OCCO. The number of carbonyl (C=O) groups is 1. The van der Waals surface area contributed by atoms with Gasteiger partial charge in [0.15, 0.2) is 0 Å². The highest BCUT2D eigenvalue weighted by molar-refractivity contribution is 8.00. The zero-order valence-electron chi connectivity index (χ0n) is 7.68. The van der Waals surface area contributed by atoms with E-state index in [1.807, 2.05) is 30.3 Å². The lowest BCUT2D eigenvalue weighted by molar-refractivity contribution is -0.141. The lowest BCUT2D eigenvalue weighted by Gasteiger charge is -2.02. The Morgan fingerprint density at radius 1 is 1.36 bits per heavy atom. The standard InChI is InChI=1S/C10H12O3S/c11-6-7-13-10(12)8-14-9-4-2-1-3-5-9/h1-5,11H,6-8H2. The lowest BCUT2D eigenvalue weighted by atomic mass is 10.4. The Morgan fingerprint density at radius 3 is 2.71 bits per heavy atom. The average Bonchev–Trinajstić information content (AvgIpc) is 2.25. The summed E-state index contributed by atoms with van der Waals surface area (Å²) in [6, 6.07) is 9.63. The van der Waals surface area contributed by atoms with E-state index in [4.69, 9.17) is 9.84 Å². The quantitative estimate of drug-likeness (QED) is 0.590. The first kappa shape index (κ1) is 11.1. The van der Waals surface area contributed by atoms with Crippen molar-refractivity contribution in [3.05, 3.63) is 30.3 Å². The molecule has 0 spiro atoms. The van der Waals surface area contributed by atoms with Gasteiger partial charge in [0, 0.05) is 4.90 Å². The molecular weight excluding hydrogens is 200 g/mol. The largest absolute Gasteiger partial charge is 0.463 e. The highest BCUT2D eigenvalue weighted by atomic mass is 32.2.